The summed E-state index contributed by atoms with van der Waals surface area (Å²) in [4.78, 5) is 72.9. The minimum absolute atomic E-state index is 0.0658. The van der Waals surface area contributed by atoms with Gasteiger partial charge in [-0.2, -0.15) is 0 Å². The van der Waals surface area contributed by atoms with E-state index >= 15 is 0 Å². The molecule has 0 fully saturated rings. The van der Waals surface area contributed by atoms with Gasteiger partial charge in [-0.15, -0.1) is 0 Å². The lowest BCUT2D eigenvalue weighted by Crippen LogP contribution is -2.30. The Labute approximate surface area is 607 Å². The van der Waals surface area contributed by atoms with Gasteiger partial charge in [0.2, 0.25) is 0 Å². The molecule has 0 spiro atoms. The highest BCUT2D eigenvalue weighted by atomic mass is 31.2. The highest BCUT2D eigenvalue weighted by molar-refractivity contribution is 7.47. The number of aliphatic hydroxyl groups is 1. The van der Waals surface area contributed by atoms with Crippen molar-refractivity contribution in [3.63, 3.8) is 0 Å². The second-order valence-electron chi connectivity index (χ2n) is 26.3. The summed E-state index contributed by atoms with van der Waals surface area (Å²) in [5.41, 5.74) is 0. The van der Waals surface area contributed by atoms with Crippen LogP contribution in [0.25, 0.3) is 0 Å². The van der Waals surface area contributed by atoms with E-state index in [2.05, 4.69) is 113 Å². The standard InChI is InChI=1S/C81H142O17P2/c1-5-9-13-17-21-25-29-33-36-37-40-43-46-50-54-58-62-66-79(84)92-72-77(98-81(86)68-64-60-56-52-48-44-39-35-31-27-23-19-15-11-7-3)74-96-100(89,90)94-70-75(82)69-93-99(87,88)95-73-76(97-80(85)67-63-59-55-51-47-41-32-28-24-20-16-12-8-4)71-91-78(83)65-61-57-53-49-45-42-38-34-30-26-22-18-14-10-6-2/h21-22,25-27,31,33-36,38-40,43,50,54,75-77,82H,5-20,23-24,28-30,32,37,41-42,44-49,51-53,55-74H2,1-4H3,(H,87,88)(H,89,90)/b25-21-,26-22-,31-27-,36-33-,38-34-,39-35-,43-40-,54-50-/t75-,76-,77-/m1/s1. The van der Waals surface area contributed by atoms with Gasteiger partial charge in [-0.05, 0) is 122 Å². The molecule has 0 aliphatic rings. The maximum Gasteiger partial charge on any atom is 0.472 e. The lowest BCUT2D eigenvalue weighted by Gasteiger charge is -2.21. The number of phosphoric ester groups is 2. The molecule has 0 aromatic heterocycles. The normalized spacial score (nSPS) is 14.4. The fourth-order valence-corrected chi connectivity index (χ4v) is 12.0. The van der Waals surface area contributed by atoms with Crippen LogP contribution in [0.3, 0.4) is 0 Å². The summed E-state index contributed by atoms with van der Waals surface area (Å²) in [5.74, 6) is -2.26. The van der Waals surface area contributed by atoms with Gasteiger partial charge in [0.15, 0.2) is 12.2 Å². The molecule has 0 saturated carbocycles. The summed E-state index contributed by atoms with van der Waals surface area (Å²) in [7, 11) is -9.97. The minimum atomic E-state index is -4.99. The summed E-state index contributed by atoms with van der Waals surface area (Å²) in [5, 5.41) is 10.6. The summed E-state index contributed by atoms with van der Waals surface area (Å²) < 4.78 is 68.5. The Morgan fingerprint density at radius 2 is 0.530 bits per heavy atom. The molecular formula is C81H142O17P2. The summed E-state index contributed by atoms with van der Waals surface area (Å²) in [6, 6.07) is 0. The van der Waals surface area contributed by atoms with Crippen LogP contribution in [0.5, 0.6) is 0 Å². The molecule has 17 nitrogen and oxygen atoms in total. The fraction of sp³-hybridized carbons (Fsp3) is 0.753. The number of carbonyl (C=O) groups excluding carboxylic acids is 4. The van der Waals surface area contributed by atoms with E-state index in [9.17, 15) is 43.2 Å². The predicted molar refractivity (Wildman–Crippen MR) is 409 cm³/mol. The Bertz CT molecular complexity index is 2270. The number of hydrogen-bond acceptors (Lipinski definition) is 15. The first-order valence-electron chi connectivity index (χ1n) is 39.5. The van der Waals surface area contributed by atoms with Gasteiger partial charge in [-0.25, -0.2) is 9.13 Å². The van der Waals surface area contributed by atoms with Crippen LogP contribution < -0.4 is 0 Å². The molecule has 3 N–H and O–H groups in total. The molecule has 19 heteroatoms. The van der Waals surface area contributed by atoms with Gasteiger partial charge in [0.25, 0.3) is 0 Å². The molecule has 100 heavy (non-hydrogen) atoms. The Morgan fingerprint density at radius 3 is 0.880 bits per heavy atom. The van der Waals surface area contributed by atoms with Gasteiger partial charge in [-0.3, -0.25) is 37.3 Å². The van der Waals surface area contributed by atoms with Crippen LogP contribution in [0.4, 0.5) is 0 Å². The monoisotopic (exact) mass is 1450 g/mol. The van der Waals surface area contributed by atoms with Crippen molar-refractivity contribution in [2.75, 3.05) is 39.6 Å². The molecule has 0 aliphatic heterocycles. The average molecular weight is 1450 g/mol. The molecule has 0 aromatic carbocycles. The molecule has 0 amide bonds. The SMILES string of the molecule is CCCCC/C=C\C/C=C\C/C=C\C/C=C\CCCC(=O)OC[C@H](COP(=O)(O)OC[C@H](O)COP(=O)(O)OC[C@@H](COC(=O)CCCCCCC/C=C\C/C=C\CCCCC)OC(=O)CCCCCCCCCCCCCCC)OC(=O)CCCCCCC/C=C\C=C/CCCCCC. The van der Waals surface area contributed by atoms with Crippen molar-refractivity contribution in [2.24, 2.45) is 0 Å². The van der Waals surface area contributed by atoms with Crippen molar-refractivity contribution in [1.29, 1.82) is 0 Å². The molecule has 0 rings (SSSR count). The maximum atomic E-state index is 13.1. The number of esters is 4. The number of carbonyl (C=O) groups is 4. The summed E-state index contributed by atoms with van der Waals surface area (Å²) in [6.07, 6.45) is 76.8. The zero-order valence-electron chi connectivity index (χ0n) is 63.1. The van der Waals surface area contributed by atoms with E-state index in [-0.39, 0.29) is 25.7 Å². The van der Waals surface area contributed by atoms with Crippen molar-refractivity contribution < 1.29 is 80.2 Å². The third kappa shape index (κ3) is 72.3. The number of hydrogen-bond donors (Lipinski definition) is 3. The molecule has 0 saturated heterocycles. The Balaban J connectivity index is 5.41. The predicted octanol–water partition coefficient (Wildman–Crippen LogP) is 22.8. The lowest BCUT2D eigenvalue weighted by molar-refractivity contribution is -0.161. The van der Waals surface area contributed by atoms with Crippen LogP contribution in [0.2, 0.25) is 0 Å². The van der Waals surface area contributed by atoms with E-state index in [0.29, 0.717) is 32.1 Å². The second-order valence-corrected chi connectivity index (χ2v) is 29.2. The third-order valence-corrected chi connectivity index (χ3v) is 18.4. The average Bonchev–Trinajstić information content (AvgIpc) is 1.06. The smallest absolute Gasteiger partial charge is 0.462 e. The van der Waals surface area contributed by atoms with Crippen molar-refractivity contribution in [3.8, 4) is 0 Å². The van der Waals surface area contributed by atoms with Gasteiger partial charge in [0.05, 0.1) is 26.4 Å². The number of phosphoric acid groups is 2. The molecule has 578 valence electrons. The number of allylic oxidation sites excluding steroid dienone is 16. The van der Waals surface area contributed by atoms with E-state index < -0.39 is 97.5 Å². The number of unbranched alkanes of at least 4 members (excludes halogenated alkanes) is 33. The van der Waals surface area contributed by atoms with Crippen LogP contribution in [0.15, 0.2) is 97.2 Å². The molecule has 0 heterocycles. The van der Waals surface area contributed by atoms with Crippen molar-refractivity contribution in [3.05, 3.63) is 97.2 Å². The lowest BCUT2D eigenvalue weighted by atomic mass is 10.0. The van der Waals surface area contributed by atoms with E-state index in [4.69, 9.17) is 37.0 Å². The molecule has 0 aromatic rings. The van der Waals surface area contributed by atoms with Gasteiger partial charge in [-0.1, -0.05) is 285 Å². The van der Waals surface area contributed by atoms with E-state index in [0.717, 1.165) is 135 Å². The maximum absolute atomic E-state index is 13.1. The van der Waals surface area contributed by atoms with E-state index in [1.807, 2.05) is 12.2 Å². The topological polar surface area (TPSA) is 237 Å². The van der Waals surface area contributed by atoms with Gasteiger partial charge in [0, 0.05) is 25.7 Å². The number of aliphatic hydroxyl groups excluding tert-OH is 1. The summed E-state index contributed by atoms with van der Waals surface area (Å²) in [6.45, 7) is 4.74. The van der Waals surface area contributed by atoms with Crippen LogP contribution in [0.1, 0.15) is 336 Å². The zero-order chi connectivity index (χ0) is 73.2. The molecule has 2 unspecified atom stereocenters. The van der Waals surface area contributed by atoms with Gasteiger partial charge >= 0.3 is 39.5 Å². The largest absolute Gasteiger partial charge is 0.472 e. The first kappa shape index (κ1) is 96.0. The summed E-state index contributed by atoms with van der Waals surface area (Å²) >= 11 is 0. The Kier molecular flexibility index (Phi) is 70.4. The Hall–Kier alpha value is -4.02. The molecule has 0 radical (unpaired) electrons. The van der Waals surface area contributed by atoms with Crippen LogP contribution >= 0.6 is 15.6 Å². The van der Waals surface area contributed by atoms with Gasteiger partial charge < -0.3 is 33.8 Å². The van der Waals surface area contributed by atoms with Crippen LogP contribution in [0, 0.1) is 0 Å². The first-order chi connectivity index (χ1) is 48.7. The van der Waals surface area contributed by atoms with Crippen molar-refractivity contribution in [2.45, 2.75) is 354 Å². The first-order valence-corrected chi connectivity index (χ1v) is 42.5. The van der Waals surface area contributed by atoms with E-state index in [1.165, 1.54) is 116 Å². The zero-order valence-corrected chi connectivity index (χ0v) is 64.9. The molecule has 5 atom stereocenters. The van der Waals surface area contributed by atoms with Gasteiger partial charge in [0.1, 0.15) is 19.3 Å². The quantitative estimate of drug-likeness (QED) is 0.0128. The third-order valence-electron chi connectivity index (χ3n) is 16.5. The molecule has 0 bridgehead atoms. The second kappa shape index (κ2) is 73.3. The highest BCUT2D eigenvalue weighted by Crippen LogP contribution is 2.45. The molecular weight excluding hydrogens is 1310 g/mol. The fourth-order valence-electron chi connectivity index (χ4n) is 10.5. The Morgan fingerprint density at radius 1 is 0.290 bits per heavy atom. The highest BCUT2D eigenvalue weighted by Gasteiger charge is 2.30. The van der Waals surface area contributed by atoms with E-state index in [1.54, 1.807) is 0 Å². The van der Waals surface area contributed by atoms with Crippen LogP contribution in [-0.4, -0.2) is 96.7 Å². The molecule has 0 aliphatic carbocycles. The number of rotatable bonds is 74. The van der Waals surface area contributed by atoms with Crippen LogP contribution in [-0.2, 0) is 65.4 Å². The number of ether oxygens (including phenoxy) is 4. The van der Waals surface area contributed by atoms with Crippen molar-refractivity contribution >= 4 is 39.5 Å². The van der Waals surface area contributed by atoms with Crippen molar-refractivity contribution in [1.82, 2.24) is 0 Å². The minimum Gasteiger partial charge on any atom is -0.462 e.